The fourth-order valence-corrected chi connectivity index (χ4v) is 11.6. The van der Waals surface area contributed by atoms with Crippen molar-refractivity contribution in [1.29, 1.82) is 0 Å². The van der Waals surface area contributed by atoms with Gasteiger partial charge in [-0.1, -0.05) is 122 Å². The Bertz CT molecular complexity index is 3140. The van der Waals surface area contributed by atoms with Crippen molar-refractivity contribution in [2.75, 3.05) is 39.3 Å². The van der Waals surface area contributed by atoms with Gasteiger partial charge in [0.2, 0.25) is 82.7 Å². The monoisotopic (exact) mass is 1590 g/mol. The lowest BCUT2D eigenvalue weighted by molar-refractivity contribution is -0.142. The van der Waals surface area contributed by atoms with Crippen molar-refractivity contribution in [3.8, 4) is 0 Å². The minimum Gasteiger partial charge on any atom is -0.480 e. The maximum Gasteiger partial charge on any atom is 0.326 e. The van der Waals surface area contributed by atoms with Gasteiger partial charge in [-0.25, -0.2) is 9.78 Å². The average molecular weight is 1590 g/mol. The quantitative estimate of drug-likeness (QED) is 0.0308. The number of carboxylic acids is 1. The molecule has 0 bridgehead atoms. The summed E-state index contributed by atoms with van der Waals surface area (Å²) in [5.74, 6) is -15.5. The third-order valence-electron chi connectivity index (χ3n) is 18.4. The first-order chi connectivity index (χ1) is 52.6. The minimum absolute atomic E-state index is 0.0327. The SMILES string of the molecule is CCCCCCNCCCC[C@H](N)C(=O)N[C@@H](Cc1cnc[nH]1)C(=O)NCC(=O)N[C@H](C(=O)N[C@H](C(=O)N[C@H](C(=O)N[C@@H](CC(C)C)C(=O)N[C@H](C(=O)N[C@@H](C)C(=O)N[C@@H](CC(C)C)C(=O)NCC(=O)NCC(=O)N[C@H](C(=O)N[C@@H](CC(C)C)C(=O)N[C@@H](CCCCN)C(=O)O)[C@@H](C)CC)[C@@H](C)O)C(C)C)C(C)C)[C@@H](C)O. The number of carboxylic acid groups (broad SMARTS) is 1. The first-order valence-corrected chi connectivity index (χ1v) is 39.5. The van der Waals surface area contributed by atoms with Gasteiger partial charge < -0.3 is 112 Å². The Morgan fingerprint density at radius 1 is 0.420 bits per heavy atom. The van der Waals surface area contributed by atoms with Crippen LogP contribution in [0.4, 0.5) is 0 Å². The van der Waals surface area contributed by atoms with E-state index in [0.717, 1.165) is 38.8 Å². The van der Waals surface area contributed by atoms with E-state index in [4.69, 9.17) is 11.5 Å². The largest absolute Gasteiger partial charge is 0.480 e. The molecule has 0 fully saturated rings. The van der Waals surface area contributed by atoms with E-state index >= 15 is 0 Å². The molecular formula is C75H135N19O18. The number of nitrogens with one attached hydrogen (secondary N) is 16. The number of H-pyrrole nitrogens is 1. The van der Waals surface area contributed by atoms with Gasteiger partial charge in [0.25, 0.3) is 0 Å². The Labute approximate surface area is 659 Å². The highest BCUT2D eigenvalue weighted by molar-refractivity contribution is 6.00. The molecule has 15 atom stereocenters. The molecule has 1 rings (SSSR count). The van der Waals surface area contributed by atoms with E-state index in [1.807, 2.05) is 13.8 Å². The summed E-state index contributed by atoms with van der Waals surface area (Å²) in [7, 11) is 0. The van der Waals surface area contributed by atoms with Crippen LogP contribution in [-0.2, 0) is 78.3 Å². The van der Waals surface area contributed by atoms with Crippen molar-refractivity contribution in [2.24, 2.45) is 47.0 Å². The van der Waals surface area contributed by atoms with Crippen LogP contribution in [0.3, 0.4) is 0 Å². The number of imidazole rings is 1. The molecule has 0 aliphatic rings. The number of unbranched alkanes of at least 4 members (excludes halogenated alkanes) is 5. The second-order valence-electron chi connectivity index (χ2n) is 30.9. The molecule has 1 heterocycles. The average Bonchev–Trinajstić information content (AvgIpc) is 1.07. The Morgan fingerprint density at radius 2 is 0.830 bits per heavy atom. The van der Waals surface area contributed by atoms with Crippen molar-refractivity contribution in [2.45, 2.75) is 292 Å². The summed E-state index contributed by atoms with van der Waals surface area (Å²) in [6.45, 7) is 26.2. The molecule has 112 heavy (non-hydrogen) atoms. The fourth-order valence-electron chi connectivity index (χ4n) is 11.6. The van der Waals surface area contributed by atoms with Gasteiger partial charge in [0.15, 0.2) is 0 Å². The summed E-state index contributed by atoms with van der Waals surface area (Å²) in [4.78, 5) is 210. The minimum atomic E-state index is -1.74. The molecule has 0 unspecified atom stereocenters. The summed E-state index contributed by atoms with van der Waals surface area (Å²) in [5.41, 5.74) is 12.3. The molecule has 37 nitrogen and oxygen atoms in total. The molecule has 14 amide bonds. The Hall–Kier alpha value is -8.94. The lowest BCUT2D eigenvalue weighted by atomic mass is 9.96. The number of aromatic amines is 1. The zero-order valence-corrected chi connectivity index (χ0v) is 68.6. The Kier molecular flexibility index (Phi) is 48.6. The standard InChI is InChI=1S/C75H135N19O18/c1-17-19-20-24-29-78-30-25-22-26-50(77)65(101)87-55(34-49-35-79-39-83-49)67(103)82-38-58(99)91-62(47(15)95)74(110)93-60(44(11)12)71(107)92-59(43(9)10)70(106)88-54(33-42(7)8)69(105)94-63(48(16)96)73(109)84-46(14)64(100)86-52(31-40(3)4)66(102)81-36-56(97)80-37-57(98)90-61(45(13)18-2)72(108)89-53(32-41(5)6)68(104)85-51(75(111)112)27-21-23-28-76/h35,39-48,50-55,59-63,78,95-96H,17-34,36-38,76-77H2,1-16H3,(H,79,83)(H,80,97)(H,81,102)(H,82,103)(H,84,109)(H,85,104)(H,86,100)(H,87,101)(H,88,106)(H,89,108)(H,90,98)(H,91,99)(H,92,107)(H,93,110)(H,94,105)(H,111,112)/t45-,46-,47+,48+,50-,51-,52-,53-,54-,55-,59-,60-,61-,62-,63-/m0/s1. The van der Waals surface area contributed by atoms with E-state index in [9.17, 15) is 87.2 Å². The molecule has 0 saturated carbocycles. The second kappa shape index (κ2) is 53.9. The number of carbonyl (C=O) groups excluding carboxylic acids is 14. The van der Waals surface area contributed by atoms with Gasteiger partial charge in [-0.05, 0) is 134 Å². The smallest absolute Gasteiger partial charge is 0.326 e. The molecule has 0 spiro atoms. The number of hydrogen-bond acceptors (Lipinski definition) is 21. The number of aliphatic hydroxyl groups excluding tert-OH is 2. The van der Waals surface area contributed by atoms with E-state index < -0.39 is 211 Å². The van der Waals surface area contributed by atoms with Crippen LogP contribution in [0, 0.1) is 35.5 Å². The Balaban J connectivity index is 3.11. The van der Waals surface area contributed by atoms with Gasteiger partial charge >= 0.3 is 5.97 Å². The molecule has 0 aliphatic carbocycles. The molecule has 0 saturated heterocycles. The molecular weight excluding hydrogens is 1450 g/mol. The second-order valence-corrected chi connectivity index (χ2v) is 30.9. The van der Waals surface area contributed by atoms with Crippen LogP contribution in [-0.4, -0.2) is 238 Å². The number of nitrogens with two attached hydrogens (primary N) is 2. The van der Waals surface area contributed by atoms with E-state index in [0.29, 0.717) is 44.3 Å². The number of carbonyl (C=O) groups is 15. The summed E-state index contributed by atoms with van der Waals surface area (Å²) in [6, 6.07) is -16.0. The predicted octanol–water partition coefficient (Wildman–Crippen LogP) is -2.21. The molecule has 0 aromatic carbocycles. The van der Waals surface area contributed by atoms with Crippen LogP contribution < -0.4 is 91.2 Å². The van der Waals surface area contributed by atoms with Gasteiger partial charge in [0.1, 0.15) is 66.5 Å². The maximum absolute atomic E-state index is 14.3. The maximum atomic E-state index is 14.3. The van der Waals surface area contributed by atoms with E-state index in [-0.39, 0.29) is 49.9 Å². The van der Waals surface area contributed by atoms with Gasteiger partial charge in [0.05, 0.1) is 44.2 Å². The number of aliphatic hydroxyl groups is 2. The normalized spacial score (nSPS) is 15.5. The number of nitrogens with zero attached hydrogens (tertiary/aromatic N) is 1. The third-order valence-corrected chi connectivity index (χ3v) is 18.4. The van der Waals surface area contributed by atoms with Gasteiger partial charge in [-0.15, -0.1) is 0 Å². The van der Waals surface area contributed by atoms with E-state index in [1.54, 1.807) is 69.2 Å². The number of rotatable bonds is 57. The van der Waals surface area contributed by atoms with Crippen LogP contribution in [0.1, 0.15) is 206 Å². The van der Waals surface area contributed by atoms with Gasteiger partial charge in [-0.2, -0.15) is 0 Å². The molecule has 1 aromatic rings. The molecule has 638 valence electrons. The van der Waals surface area contributed by atoms with Crippen LogP contribution in [0.25, 0.3) is 0 Å². The van der Waals surface area contributed by atoms with Crippen LogP contribution >= 0.6 is 0 Å². The summed E-state index contributed by atoms with van der Waals surface area (Å²) >= 11 is 0. The molecule has 37 heteroatoms. The van der Waals surface area contributed by atoms with Crippen molar-refractivity contribution >= 4 is 88.7 Å². The van der Waals surface area contributed by atoms with Crippen LogP contribution in [0.5, 0.6) is 0 Å². The van der Waals surface area contributed by atoms with Crippen molar-refractivity contribution in [3.05, 3.63) is 18.2 Å². The summed E-state index contributed by atoms with van der Waals surface area (Å²) in [6.07, 6.45) is 7.67. The lowest BCUT2D eigenvalue weighted by Crippen LogP contribution is -2.63. The first kappa shape index (κ1) is 101. The highest BCUT2D eigenvalue weighted by Crippen LogP contribution is 2.16. The molecule has 0 aliphatic heterocycles. The van der Waals surface area contributed by atoms with Crippen LogP contribution in [0.2, 0.25) is 0 Å². The number of aromatic nitrogens is 2. The topological polar surface area (TPSA) is 578 Å². The molecule has 23 N–H and O–H groups in total. The number of hydrogen-bond donors (Lipinski definition) is 21. The van der Waals surface area contributed by atoms with E-state index in [2.05, 4.69) is 96.6 Å². The fraction of sp³-hybridized carbons (Fsp3) is 0.760. The highest BCUT2D eigenvalue weighted by atomic mass is 16.4. The Morgan fingerprint density at radius 3 is 1.31 bits per heavy atom. The van der Waals surface area contributed by atoms with E-state index in [1.165, 1.54) is 39.7 Å². The zero-order chi connectivity index (χ0) is 85.1. The molecule has 0 radical (unpaired) electrons. The van der Waals surface area contributed by atoms with Gasteiger partial charge in [-0.3, -0.25) is 67.1 Å². The predicted molar refractivity (Wildman–Crippen MR) is 418 cm³/mol. The van der Waals surface area contributed by atoms with Crippen molar-refractivity contribution in [3.63, 3.8) is 0 Å². The van der Waals surface area contributed by atoms with Gasteiger partial charge in [0, 0.05) is 18.3 Å². The summed E-state index contributed by atoms with van der Waals surface area (Å²) in [5, 5.41) is 70.0. The number of amides is 14. The zero-order valence-electron chi connectivity index (χ0n) is 68.6. The number of aliphatic carboxylic acids is 1. The van der Waals surface area contributed by atoms with Crippen molar-refractivity contribution < 1.29 is 87.2 Å². The lowest BCUT2D eigenvalue weighted by Gasteiger charge is -2.30. The third kappa shape index (κ3) is 40.0. The molecule has 1 aromatic heterocycles. The van der Waals surface area contributed by atoms with Crippen molar-refractivity contribution in [1.82, 2.24) is 89.7 Å². The first-order valence-electron chi connectivity index (χ1n) is 39.5. The highest BCUT2D eigenvalue weighted by Gasteiger charge is 2.39. The van der Waals surface area contributed by atoms with Crippen LogP contribution in [0.15, 0.2) is 12.5 Å². The summed E-state index contributed by atoms with van der Waals surface area (Å²) < 4.78 is 0.